The number of carbonyl (C=O) groups excluding carboxylic acids is 1. The number of H-pyrrole nitrogens is 1. The Bertz CT molecular complexity index is 719. The number of thioether (sulfide) groups is 1. The van der Waals surface area contributed by atoms with Crippen LogP contribution >= 0.6 is 23.4 Å². The maximum Gasteiger partial charge on any atom is 0.253 e. The first-order valence-electron chi connectivity index (χ1n) is 6.44. The summed E-state index contributed by atoms with van der Waals surface area (Å²) in [4.78, 5) is 34.1. The van der Waals surface area contributed by atoms with Gasteiger partial charge in [0, 0.05) is 12.3 Å². The summed E-state index contributed by atoms with van der Waals surface area (Å²) in [6.07, 6.45) is 1.99. The SMILES string of the molecule is CCC(Sc1nc(N)cc(=O)[nH]1)C(=O)Nc1ccc(Cl)cn1. The Morgan fingerprint density at radius 2 is 2.32 bits per heavy atom. The molecule has 1 atom stereocenters. The smallest absolute Gasteiger partial charge is 0.253 e. The zero-order valence-electron chi connectivity index (χ0n) is 11.7. The van der Waals surface area contributed by atoms with Crippen molar-refractivity contribution >= 4 is 40.9 Å². The van der Waals surface area contributed by atoms with Crippen molar-refractivity contribution in [1.82, 2.24) is 15.0 Å². The number of anilines is 2. The fourth-order valence-corrected chi connectivity index (χ4v) is 2.65. The van der Waals surface area contributed by atoms with E-state index in [2.05, 4.69) is 20.3 Å². The highest BCUT2D eigenvalue weighted by atomic mass is 35.5. The Labute approximate surface area is 135 Å². The molecule has 22 heavy (non-hydrogen) atoms. The van der Waals surface area contributed by atoms with Gasteiger partial charge in [-0.15, -0.1) is 0 Å². The van der Waals surface area contributed by atoms with Crippen LogP contribution in [0.2, 0.25) is 5.02 Å². The first kappa shape index (κ1) is 16.3. The highest BCUT2D eigenvalue weighted by Gasteiger charge is 2.20. The molecule has 116 valence electrons. The van der Waals surface area contributed by atoms with E-state index in [0.717, 1.165) is 11.8 Å². The zero-order valence-corrected chi connectivity index (χ0v) is 13.2. The summed E-state index contributed by atoms with van der Waals surface area (Å²) in [5.74, 6) is 0.274. The van der Waals surface area contributed by atoms with Gasteiger partial charge in [-0.2, -0.15) is 0 Å². The molecule has 2 aromatic rings. The van der Waals surface area contributed by atoms with E-state index >= 15 is 0 Å². The Morgan fingerprint density at radius 1 is 1.55 bits per heavy atom. The minimum absolute atomic E-state index is 0.112. The average molecular weight is 340 g/mol. The number of aromatic nitrogens is 3. The van der Waals surface area contributed by atoms with Crippen LogP contribution in [0.25, 0.3) is 0 Å². The van der Waals surface area contributed by atoms with E-state index in [-0.39, 0.29) is 17.3 Å². The summed E-state index contributed by atoms with van der Waals surface area (Å²) in [6.45, 7) is 1.86. The number of hydrogen-bond acceptors (Lipinski definition) is 6. The van der Waals surface area contributed by atoms with Gasteiger partial charge in [-0.3, -0.25) is 9.59 Å². The van der Waals surface area contributed by atoms with Gasteiger partial charge in [0.15, 0.2) is 5.16 Å². The number of pyridine rings is 1. The summed E-state index contributed by atoms with van der Waals surface area (Å²) in [5.41, 5.74) is 5.17. The lowest BCUT2D eigenvalue weighted by Gasteiger charge is -2.13. The van der Waals surface area contributed by atoms with Crippen molar-refractivity contribution in [3.05, 3.63) is 39.8 Å². The molecule has 2 aromatic heterocycles. The molecule has 0 saturated heterocycles. The standard InChI is InChI=1S/C13H14ClN5O2S/c1-2-8(22-13-17-9(15)5-11(20)19-13)12(21)18-10-4-3-7(14)6-16-10/h3-6,8H,2H2,1H3,(H,16,18,21)(H3,15,17,19,20). The lowest BCUT2D eigenvalue weighted by Crippen LogP contribution is -2.25. The quantitative estimate of drug-likeness (QED) is 0.566. The van der Waals surface area contributed by atoms with Crippen LogP contribution in [0.1, 0.15) is 13.3 Å². The van der Waals surface area contributed by atoms with E-state index in [9.17, 15) is 9.59 Å². The van der Waals surface area contributed by atoms with Crippen LogP contribution in [-0.4, -0.2) is 26.1 Å². The molecule has 2 heterocycles. The number of halogens is 1. The number of nitrogens with two attached hydrogens (primary N) is 1. The molecule has 0 aliphatic carbocycles. The normalized spacial score (nSPS) is 11.9. The number of amides is 1. The van der Waals surface area contributed by atoms with E-state index in [1.54, 1.807) is 12.1 Å². The van der Waals surface area contributed by atoms with Crippen molar-refractivity contribution in [3.8, 4) is 0 Å². The second-order valence-electron chi connectivity index (χ2n) is 4.34. The van der Waals surface area contributed by atoms with Crippen LogP contribution in [0.3, 0.4) is 0 Å². The van der Waals surface area contributed by atoms with E-state index < -0.39 is 5.25 Å². The summed E-state index contributed by atoms with van der Waals surface area (Å²) in [7, 11) is 0. The van der Waals surface area contributed by atoms with Crippen molar-refractivity contribution < 1.29 is 4.79 Å². The number of rotatable bonds is 5. The molecular formula is C13H14ClN5O2S. The second kappa shape index (κ2) is 7.28. The molecule has 7 nitrogen and oxygen atoms in total. The number of nitrogens with one attached hydrogen (secondary N) is 2. The first-order chi connectivity index (χ1) is 10.5. The van der Waals surface area contributed by atoms with Crippen molar-refractivity contribution in [2.24, 2.45) is 0 Å². The number of aromatic amines is 1. The van der Waals surface area contributed by atoms with Gasteiger partial charge in [-0.25, -0.2) is 9.97 Å². The third kappa shape index (κ3) is 4.47. The lowest BCUT2D eigenvalue weighted by atomic mass is 10.3. The summed E-state index contributed by atoms with van der Waals surface area (Å²) in [6, 6.07) is 4.43. The van der Waals surface area contributed by atoms with Crippen molar-refractivity contribution in [2.45, 2.75) is 23.8 Å². The maximum absolute atomic E-state index is 12.2. The second-order valence-corrected chi connectivity index (χ2v) is 5.97. The van der Waals surface area contributed by atoms with Gasteiger partial charge >= 0.3 is 0 Å². The monoisotopic (exact) mass is 339 g/mol. The van der Waals surface area contributed by atoms with Crippen molar-refractivity contribution in [3.63, 3.8) is 0 Å². The van der Waals surface area contributed by atoms with Gasteiger partial charge in [0.05, 0.1) is 10.3 Å². The van der Waals surface area contributed by atoms with Gasteiger partial charge in [0.25, 0.3) is 5.56 Å². The lowest BCUT2D eigenvalue weighted by molar-refractivity contribution is -0.115. The topological polar surface area (TPSA) is 114 Å². The third-order valence-electron chi connectivity index (χ3n) is 2.64. The number of nitrogens with zero attached hydrogens (tertiary/aromatic N) is 2. The molecule has 1 unspecified atom stereocenters. The molecule has 0 bridgehead atoms. The van der Waals surface area contributed by atoms with E-state index in [4.69, 9.17) is 17.3 Å². The minimum Gasteiger partial charge on any atom is -0.383 e. The molecule has 4 N–H and O–H groups in total. The third-order valence-corrected chi connectivity index (χ3v) is 4.11. The Balaban J connectivity index is 2.08. The molecular weight excluding hydrogens is 326 g/mol. The fourth-order valence-electron chi connectivity index (χ4n) is 1.62. The Morgan fingerprint density at radius 3 is 2.91 bits per heavy atom. The number of hydrogen-bond donors (Lipinski definition) is 3. The van der Waals surface area contributed by atoms with Gasteiger partial charge in [0.2, 0.25) is 5.91 Å². The molecule has 0 saturated carbocycles. The van der Waals surface area contributed by atoms with E-state index in [0.29, 0.717) is 22.4 Å². The van der Waals surface area contributed by atoms with Crippen molar-refractivity contribution in [1.29, 1.82) is 0 Å². The minimum atomic E-state index is -0.442. The number of nitrogen functional groups attached to an aromatic ring is 1. The molecule has 2 rings (SSSR count). The molecule has 0 spiro atoms. The van der Waals surface area contributed by atoms with Gasteiger partial charge in [0.1, 0.15) is 11.6 Å². The maximum atomic E-state index is 12.2. The summed E-state index contributed by atoms with van der Waals surface area (Å²) in [5, 5.41) is 3.04. The molecule has 0 aliphatic rings. The van der Waals surface area contributed by atoms with Crippen LogP contribution in [0.4, 0.5) is 11.6 Å². The molecule has 0 aliphatic heterocycles. The van der Waals surface area contributed by atoms with Crippen LogP contribution in [0.5, 0.6) is 0 Å². The van der Waals surface area contributed by atoms with Gasteiger partial charge in [-0.05, 0) is 18.6 Å². The largest absolute Gasteiger partial charge is 0.383 e. The Kier molecular flexibility index (Phi) is 5.40. The predicted molar refractivity (Wildman–Crippen MR) is 87.1 cm³/mol. The summed E-state index contributed by atoms with van der Waals surface area (Å²) < 4.78 is 0. The van der Waals surface area contributed by atoms with E-state index in [1.807, 2.05) is 6.92 Å². The molecule has 0 radical (unpaired) electrons. The van der Waals surface area contributed by atoms with Gasteiger partial charge in [-0.1, -0.05) is 30.3 Å². The molecule has 0 fully saturated rings. The van der Waals surface area contributed by atoms with Crippen LogP contribution in [0, 0.1) is 0 Å². The van der Waals surface area contributed by atoms with Crippen LogP contribution < -0.4 is 16.6 Å². The van der Waals surface area contributed by atoms with Crippen LogP contribution in [0.15, 0.2) is 34.3 Å². The average Bonchev–Trinajstić information content (AvgIpc) is 2.46. The molecule has 1 amide bonds. The number of carbonyl (C=O) groups is 1. The van der Waals surface area contributed by atoms with E-state index in [1.165, 1.54) is 12.3 Å². The van der Waals surface area contributed by atoms with Gasteiger partial charge < -0.3 is 16.0 Å². The Hall–Kier alpha value is -2.06. The molecule has 0 aromatic carbocycles. The predicted octanol–water partition coefficient (Wildman–Crippen LogP) is 1.91. The van der Waals surface area contributed by atoms with Crippen molar-refractivity contribution in [2.75, 3.05) is 11.1 Å². The first-order valence-corrected chi connectivity index (χ1v) is 7.69. The fraction of sp³-hybridized carbons (Fsp3) is 0.231. The highest BCUT2D eigenvalue weighted by molar-refractivity contribution is 8.00. The molecule has 9 heteroatoms. The zero-order chi connectivity index (χ0) is 16.1. The van der Waals surface area contributed by atoms with Crippen LogP contribution in [-0.2, 0) is 4.79 Å². The summed E-state index contributed by atoms with van der Waals surface area (Å²) >= 11 is 6.88. The highest BCUT2D eigenvalue weighted by Crippen LogP contribution is 2.23.